The molecule has 1 aromatic rings. The lowest BCUT2D eigenvalue weighted by Gasteiger charge is -2.18. The van der Waals surface area contributed by atoms with Gasteiger partial charge in [-0.2, -0.15) is 11.8 Å². The van der Waals surface area contributed by atoms with Crippen LogP contribution in [-0.2, 0) is 15.3 Å². The number of carbonyl (C=O) groups excluding carboxylic acids is 1. The first-order valence-corrected chi connectivity index (χ1v) is 8.12. The van der Waals surface area contributed by atoms with Crippen molar-refractivity contribution >= 4 is 17.7 Å². The minimum Gasteiger partial charge on any atom is -0.497 e. The minimum atomic E-state index is -0.476. The van der Waals surface area contributed by atoms with Crippen molar-refractivity contribution in [3.05, 3.63) is 29.8 Å². The molecule has 1 rings (SSSR count). The van der Waals surface area contributed by atoms with E-state index in [2.05, 4.69) is 0 Å². The summed E-state index contributed by atoms with van der Waals surface area (Å²) in [7, 11) is 1.65. The van der Waals surface area contributed by atoms with Crippen LogP contribution in [0.25, 0.3) is 0 Å². The predicted octanol–water partition coefficient (Wildman–Crippen LogP) is 2.85. The number of thioether (sulfide) groups is 1. The average Bonchev–Trinajstić information content (AvgIpc) is 2.44. The zero-order chi connectivity index (χ0) is 15.9. The fourth-order valence-corrected chi connectivity index (χ4v) is 2.44. The second kappa shape index (κ2) is 8.29. The number of hydrogen-bond donors (Lipinski definition) is 1. The molecule has 0 saturated carbocycles. The van der Waals surface area contributed by atoms with E-state index in [1.165, 1.54) is 5.56 Å². The van der Waals surface area contributed by atoms with E-state index in [4.69, 9.17) is 15.2 Å². The molecule has 21 heavy (non-hydrogen) atoms. The molecule has 0 heterocycles. The number of rotatable bonds is 7. The molecule has 1 unspecified atom stereocenters. The van der Waals surface area contributed by atoms with E-state index in [1.807, 2.05) is 45.0 Å². The molecule has 0 radical (unpaired) electrons. The van der Waals surface area contributed by atoms with E-state index in [1.54, 1.807) is 18.9 Å². The lowest BCUT2D eigenvalue weighted by atomic mass is 9.97. The Bertz CT molecular complexity index is 440. The van der Waals surface area contributed by atoms with Crippen LogP contribution < -0.4 is 10.5 Å². The van der Waals surface area contributed by atoms with Crippen molar-refractivity contribution in [2.24, 2.45) is 11.1 Å². The molecule has 4 nitrogen and oxygen atoms in total. The summed E-state index contributed by atoms with van der Waals surface area (Å²) >= 11 is 1.73. The van der Waals surface area contributed by atoms with Gasteiger partial charge in [0, 0.05) is 17.5 Å². The molecule has 1 atom stereocenters. The van der Waals surface area contributed by atoms with Crippen LogP contribution in [0, 0.1) is 5.41 Å². The fraction of sp³-hybridized carbons (Fsp3) is 0.562. The van der Waals surface area contributed by atoms with E-state index in [-0.39, 0.29) is 18.6 Å². The monoisotopic (exact) mass is 311 g/mol. The molecule has 0 aliphatic carbocycles. The van der Waals surface area contributed by atoms with Crippen LogP contribution in [0.4, 0.5) is 0 Å². The summed E-state index contributed by atoms with van der Waals surface area (Å²) in [5.41, 5.74) is 6.70. The van der Waals surface area contributed by atoms with Gasteiger partial charge in [0.25, 0.3) is 0 Å². The van der Waals surface area contributed by atoms with Gasteiger partial charge < -0.3 is 15.2 Å². The van der Waals surface area contributed by atoms with Gasteiger partial charge in [0.05, 0.1) is 12.5 Å². The van der Waals surface area contributed by atoms with Crippen molar-refractivity contribution in [2.45, 2.75) is 32.6 Å². The highest BCUT2D eigenvalue weighted by molar-refractivity contribution is 7.98. The largest absolute Gasteiger partial charge is 0.497 e. The number of ether oxygens (including phenoxy) is 2. The Hall–Kier alpha value is -1.20. The second-order valence-electron chi connectivity index (χ2n) is 5.97. The first-order chi connectivity index (χ1) is 9.82. The van der Waals surface area contributed by atoms with Gasteiger partial charge in [-0.1, -0.05) is 12.1 Å². The summed E-state index contributed by atoms with van der Waals surface area (Å²) in [4.78, 5) is 11.6. The molecule has 1 aromatic carbocycles. The van der Waals surface area contributed by atoms with Gasteiger partial charge >= 0.3 is 5.97 Å². The third-order valence-electron chi connectivity index (χ3n) is 2.80. The van der Waals surface area contributed by atoms with Gasteiger partial charge in [-0.25, -0.2) is 0 Å². The summed E-state index contributed by atoms with van der Waals surface area (Å²) in [6.45, 7) is 5.77. The van der Waals surface area contributed by atoms with E-state index in [9.17, 15) is 4.79 Å². The van der Waals surface area contributed by atoms with E-state index < -0.39 is 5.41 Å². The van der Waals surface area contributed by atoms with Crippen LogP contribution in [0.15, 0.2) is 24.3 Å². The summed E-state index contributed by atoms with van der Waals surface area (Å²) in [6.07, 6.45) is 0. The molecule has 0 spiro atoms. The molecule has 0 amide bonds. The molecule has 0 aromatic heterocycles. The Balaban J connectivity index is 2.24. The highest BCUT2D eigenvalue weighted by atomic mass is 32.2. The van der Waals surface area contributed by atoms with Gasteiger partial charge in [0.2, 0.25) is 0 Å². The maximum Gasteiger partial charge on any atom is 0.311 e. The van der Waals surface area contributed by atoms with Crippen LogP contribution in [0.3, 0.4) is 0 Å². The smallest absolute Gasteiger partial charge is 0.311 e. The quantitative estimate of drug-likeness (QED) is 0.785. The zero-order valence-electron chi connectivity index (χ0n) is 13.2. The van der Waals surface area contributed by atoms with Crippen LogP contribution in [0.1, 0.15) is 26.3 Å². The lowest BCUT2D eigenvalue weighted by molar-refractivity contribution is -0.153. The summed E-state index contributed by atoms with van der Waals surface area (Å²) in [6, 6.07) is 7.83. The lowest BCUT2D eigenvalue weighted by Crippen LogP contribution is -2.33. The van der Waals surface area contributed by atoms with Gasteiger partial charge in [0.15, 0.2) is 0 Å². The van der Waals surface area contributed by atoms with Gasteiger partial charge in [-0.15, -0.1) is 0 Å². The minimum absolute atomic E-state index is 0.139. The Labute approximate surface area is 131 Å². The highest BCUT2D eigenvalue weighted by Gasteiger charge is 2.23. The van der Waals surface area contributed by atoms with Crippen molar-refractivity contribution in [1.82, 2.24) is 0 Å². The molecule has 0 bridgehead atoms. The van der Waals surface area contributed by atoms with Gasteiger partial charge in [-0.05, 0) is 38.5 Å². The SMILES string of the molecule is COc1ccc(CSCC(N)COC(=O)C(C)(C)C)cc1. The van der Waals surface area contributed by atoms with Crippen LogP contribution in [-0.4, -0.2) is 31.5 Å². The number of benzene rings is 1. The topological polar surface area (TPSA) is 61.6 Å². The third kappa shape index (κ3) is 6.87. The van der Waals surface area contributed by atoms with Gasteiger partial charge in [-0.3, -0.25) is 4.79 Å². The molecule has 0 aliphatic heterocycles. The first-order valence-electron chi connectivity index (χ1n) is 6.96. The maximum absolute atomic E-state index is 11.6. The van der Waals surface area contributed by atoms with Crippen molar-refractivity contribution in [2.75, 3.05) is 19.5 Å². The van der Waals surface area contributed by atoms with E-state index in [0.717, 1.165) is 17.3 Å². The van der Waals surface area contributed by atoms with Crippen molar-refractivity contribution in [1.29, 1.82) is 0 Å². The summed E-state index contributed by atoms with van der Waals surface area (Å²) in [5.74, 6) is 2.28. The number of carbonyl (C=O) groups is 1. The van der Waals surface area contributed by atoms with Crippen LogP contribution in [0.2, 0.25) is 0 Å². The molecule has 2 N–H and O–H groups in total. The van der Waals surface area contributed by atoms with Gasteiger partial charge in [0.1, 0.15) is 12.4 Å². The predicted molar refractivity (Wildman–Crippen MR) is 87.5 cm³/mol. The van der Waals surface area contributed by atoms with Crippen molar-refractivity contribution in [3.63, 3.8) is 0 Å². The molecular formula is C16H25NO3S. The third-order valence-corrected chi connectivity index (χ3v) is 4.00. The molecule has 5 heteroatoms. The number of methoxy groups -OCH3 is 1. The molecular weight excluding hydrogens is 286 g/mol. The van der Waals surface area contributed by atoms with Crippen LogP contribution >= 0.6 is 11.8 Å². The second-order valence-corrected chi connectivity index (χ2v) is 7.00. The zero-order valence-corrected chi connectivity index (χ0v) is 14.0. The Kier molecular flexibility index (Phi) is 7.05. The van der Waals surface area contributed by atoms with E-state index in [0.29, 0.717) is 0 Å². The van der Waals surface area contributed by atoms with Crippen molar-refractivity contribution in [3.8, 4) is 5.75 Å². The Morgan fingerprint density at radius 3 is 2.43 bits per heavy atom. The Morgan fingerprint density at radius 1 is 1.29 bits per heavy atom. The molecule has 0 fully saturated rings. The molecule has 0 saturated heterocycles. The van der Waals surface area contributed by atoms with E-state index >= 15 is 0 Å². The van der Waals surface area contributed by atoms with Crippen LogP contribution in [0.5, 0.6) is 5.75 Å². The number of hydrogen-bond acceptors (Lipinski definition) is 5. The molecule has 118 valence electrons. The normalized spacial score (nSPS) is 12.8. The number of nitrogens with two attached hydrogens (primary N) is 1. The Morgan fingerprint density at radius 2 is 1.90 bits per heavy atom. The number of esters is 1. The summed E-state index contributed by atoms with van der Waals surface area (Å²) < 4.78 is 10.3. The summed E-state index contributed by atoms with van der Waals surface area (Å²) in [5, 5.41) is 0. The highest BCUT2D eigenvalue weighted by Crippen LogP contribution is 2.18. The molecule has 0 aliphatic rings. The fourth-order valence-electron chi connectivity index (χ4n) is 1.50. The average molecular weight is 311 g/mol. The van der Waals surface area contributed by atoms with Crippen molar-refractivity contribution < 1.29 is 14.3 Å². The maximum atomic E-state index is 11.6. The standard InChI is InChI=1S/C16H25NO3S/c1-16(2,3)15(18)20-9-13(17)11-21-10-12-5-7-14(19-4)8-6-12/h5-8,13H,9-11,17H2,1-4H3. The first kappa shape index (κ1) is 17.9.